The number of H-pyrrole nitrogens is 1. The first kappa shape index (κ1) is 16.2. The third-order valence-corrected chi connectivity index (χ3v) is 4.51. The maximum atomic E-state index is 12.7. The van der Waals surface area contributed by atoms with Crippen LogP contribution in [0.1, 0.15) is 29.4 Å². The van der Waals surface area contributed by atoms with Crippen LogP contribution in [-0.2, 0) is 24.8 Å². The van der Waals surface area contributed by atoms with Crippen molar-refractivity contribution in [1.29, 1.82) is 0 Å². The Labute approximate surface area is 149 Å². The number of aromatic nitrogens is 7. The monoisotopic (exact) mass is 353 g/mol. The van der Waals surface area contributed by atoms with E-state index in [0.29, 0.717) is 31.9 Å². The van der Waals surface area contributed by atoms with E-state index in [-0.39, 0.29) is 11.9 Å². The SMILES string of the molecule is Cn1nnnc1NC1CN(C(=O)CCc2ncn[nH]2)Cc2ccccc21. The highest BCUT2D eigenvalue weighted by atomic mass is 16.2. The number of tetrazole rings is 1. The van der Waals surface area contributed by atoms with Gasteiger partial charge in [0.05, 0.1) is 6.04 Å². The number of amides is 1. The summed E-state index contributed by atoms with van der Waals surface area (Å²) in [5.41, 5.74) is 2.29. The number of aromatic amines is 1. The van der Waals surface area contributed by atoms with Gasteiger partial charge in [-0.3, -0.25) is 9.89 Å². The molecule has 4 rings (SSSR count). The lowest BCUT2D eigenvalue weighted by atomic mass is 9.95. The first-order chi connectivity index (χ1) is 12.7. The number of nitrogens with zero attached hydrogens (tertiary/aromatic N) is 7. The van der Waals surface area contributed by atoms with E-state index in [4.69, 9.17) is 0 Å². The average Bonchev–Trinajstić information content (AvgIpc) is 3.32. The van der Waals surface area contributed by atoms with Crippen LogP contribution in [0.5, 0.6) is 0 Å². The van der Waals surface area contributed by atoms with Crippen molar-refractivity contribution in [3.63, 3.8) is 0 Å². The number of nitrogens with one attached hydrogen (secondary N) is 2. The summed E-state index contributed by atoms with van der Waals surface area (Å²) >= 11 is 0. The molecule has 134 valence electrons. The largest absolute Gasteiger partial charge is 0.344 e. The minimum atomic E-state index is -0.0705. The van der Waals surface area contributed by atoms with Gasteiger partial charge in [0.1, 0.15) is 12.2 Å². The van der Waals surface area contributed by atoms with Crippen molar-refractivity contribution in [2.75, 3.05) is 11.9 Å². The summed E-state index contributed by atoms with van der Waals surface area (Å²) < 4.78 is 1.58. The van der Waals surface area contributed by atoms with Gasteiger partial charge in [0.2, 0.25) is 11.9 Å². The molecule has 2 N–H and O–H groups in total. The number of benzene rings is 1. The molecular formula is C16H19N9O. The van der Waals surface area contributed by atoms with E-state index in [9.17, 15) is 4.79 Å². The minimum absolute atomic E-state index is 0.0705. The number of hydrogen-bond acceptors (Lipinski definition) is 7. The van der Waals surface area contributed by atoms with Crippen molar-refractivity contribution >= 4 is 11.9 Å². The normalized spacial score (nSPS) is 16.3. The van der Waals surface area contributed by atoms with E-state index in [0.717, 1.165) is 17.0 Å². The molecule has 0 fully saturated rings. The summed E-state index contributed by atoms with van der Waals surface area (Å²) in [5.74, 6) is 1.37. The van der Waals surface area contributed by atoms with E-state index < -0.39 is 0 Å². The second-order valence-corrected chi connectivity index (χ2v) is 6.23. The molecule has 3 aromatic rings. The van der Waals surface area contributed by atoms with E-state index in [1.165, 1.54) is 6.33 Å². The highest BCUT2D eigenvalue weighted by Gasteiger charge is 2.28. The highest BCUT2D eigenvalue weighted by Crippen LogP contribution is 2.29. The molecule has 10 nitrogen and oxygen atoms in total. The van der Waals surface area contributed by atoms with Gasteiger partial charge in [-0.2, -0.15) is 5.10 Å². The van der Waals surface area contributed by atoms with Crippen molar-refractivity contribution in [1.82, 2.24) is 40.3 Å². The maximum Gasteiger partial charge on any atom is 0.243 e. The fraction of sp³-hybridized carbons (Fsp3) is 0.375. The fourth-order valence-electron chi connectivity index (χ4n) is 3.16. The van der Waals surface area contributed by atoms with Gasteiger partial charge >= 0.3 is 0 Å². The molecule has 0 bridgehead atoms. The number of anilines is 1. The Morgan fingerprint density at radius 3 is 3.04 bits per heavy atom. The summed E-state index contributed by atoms with van der Waals surface area (Å²) in [7, 11) is 1.78. The van der Waals surface area contributed by atoms with Gasteiger partial charge in [-0.05, 0) is 21.6 Å². The Balaban J connectivity index is 1.51. The molecule has 0 saturated carbocycles. The zero-order valence-corrected chi connectivity index (χ0v) is 14.3. The van der Waals surface area contributed by atoms with Crippen LogP contribution in [0.15, 0.2) is 30.6 Å². The number of aryl methyl sites for hydroxylation is 2. The molecule has 0 aliphatic carbocycles. The maximum absolute atomic E-state index is 12.7. The number of rotatable bonds is 5. The topological polar surface area (TPSA) is 118 Å². The van der Waals surface area contributed by atoms with Gasteiger partial charge in [-0.1, -0.05) is 29.4 Å². The molecule has 1 aliphatic rings. The first-order valence-corrected chi connectivity index (χ1v) is 8.39. The van der Waals surface area contributed by atoms with Crippen LogP contribution in [0.25, 0.3) is 0 Å². The molecule has 0 spiro atoms. The predicted molar refractivity (Wildman–Crippen MR) is 91.7 cm³/mol. The second kappa shape index (κ2) is 6.90. The van der Waals surface area contributed by atoms with Crippen LogP contribution in [0.2, 0.25) is 0 Å². The van der Waals surface area contributed by atoms with Gasteiger partial charge in [0.15, 0.2) is 0 Å². The fourth-order valence-corrected chi connectivity index (χ4v) is 3.16. The van der Waals surface area contributed by atoms with Crippen LogP contribution in [-0.4, -0.2) is 52.7 Å². The molecule has 26 heavy (non-hydrogen) atoms. The molecule has 1 atom stereocenters. The predicted octanol–water partition coefficient (Wildman–Crippen LogP) is 0.456. The first-order valence-electron chi connectivity index (χ1n) is 8.39. The summed E-state index contributed by atoms with van der Waals surface area (Å²) in [6, 6.07) is 8.05. The van der Waals surface area contributed by atoms with Crippen molar-refractivity contribution in [2.45, 2.75) is 25.4 Å². The van der Waals surface area contributed by atoms with Crippen molar-refractivity contribution in [3.8, 4) is 0 Å². The molecule has 0 saturated heterocycles. The molecule has 0 radical (unpaired) electrons. The number of fused-ring (bicyclic) bond motifs is 1. The standard InChI is InChI=1S/C16H19N9O/c1-24-16(21-22-23-24)19-13-9-25(8-11-4-2-3-5-12(11)13)15(26)7-6-14-17-10-18-20-14/h2-5,10,13H,6-9H2,1H3,(H,17,18,20)(H,19,21,23). The Morgan fingerprint density at radius 2 is 2.27 bits per heavy atom. The van der Waals surface area contributed by atoms with Crippen LogP contribution >= 0.6 is 0 Å². The van der Waals surface area contributed by atoms with Gasteiger partial charge in [-0.15, -0.1) is 0 Å². The lowest BCUT2D eigenvalue weighted by Gasteiger charge is -2.35. The molecular weight excluding hydrogens is 334 g/mol. The van der Waals surface area contributed by atoms with Gasteiger partial charge in [0.25, 0.3) is 0 Å². The van der Waals surface area contributed by atoms with E-state index in [1.807, 2.05) is 17.0 Å². The second-order valence-electron chi connectivity index (χ2n) is 6.23. The third-order valence-electron chi connectivity index (χ3n) is 4.51. The Bertz CT molecular complexity index is 889. The lowest BCUT2D eigenvalue weighted by Crippen LogP contribution is -2.40. The van der Waals surface area contributed by atoms with Crippen LogP contribution in [0.3, 0.4) is 0 Å². The zero-order chi connectivity index (χ0) is 17.9. The van der Waals surface area contributed by atoms with Crippen LogP contribution in [0.4, 0.5) is 5.95 Å². The summed E-state index contributed by atoms with van der Waals surface area (Å²) in [5, 5.41) is 21.4. The van der Waals surface area contributed by atoms with Crippen molar-refractivity contribution in [3.05, 3.63) is 47.5 Å². The van der Waals surface area contributed by atoms with Crippen molar-refractivity contribution in [2.24, 2.45) is 7.05 Å². The van der Waals surface area contributed by atoms with Gasteiger partial charge < -0.3 is 10.2 Å². The van der Waals surface area contributed by atoms with E-state index in [1.54, 1.807) is 11.7 Å². The van der Waals surface area contributed by atoms with Crippen LogP contribution in [0, 0.1) is 0 Å². The van der Waals surface area contributed by atoms with Gasteiger partial charge in [0, 0.05) is 33.0 Å². The van der Waals surface area contributed by atoms with Gasteiger partial charge in [-0.25, -0.2) is 9.67 Å². The molecule has 1 aliphatic heterocycles. The third kappa shape index (κ3) is 3.25. The minimum Gasteiger partial charge on any atom is -0.344 e. The van der Waals surface area contributed by atoms with Crippen LogP contribution < -0.4 is 5.32 Å². The van der Waals surface area contributed by atoms with Crippen molar-refractivity contribution < 1.29 is 4.79 Å². The molecule has 1 aromatic carbocycles. The summed E-state index contributed by atoms with van der Waals surface area (Å²) in [6.45, 7) is 1.15. The molecule has 10 heteroatoms. The molecule has 1 unspecified atom stereocenters. The highest BCUT2D eigenvalue weighted by molar-refractivity contribution is 5.77. The molecule has 3 heterocycles. The van der Waals surface area contributed by atoms with E-state index >= 15 is 0 Å². The van der Waals surface area contributed by atoms with E-state index in [2.05, 4.69) is 48.2 Å². The average molecular weight is 353 g/mol. The lowest BCUT2D eigenvalue weighted by molar-refractivity contribution is -0.132. The Kier molecular flexibility index (Phi) is 4.30. The molecule has 2 aromatic heterocycles. The molecule has 1 amide bonds. The smallest absolute Gasteiger partial charge is 0.243 e. The summed E-state index contributed by atoms with van der Waals surface area (Å²) in [6.07, 6.45) is 2.38. The Morgan fingerprint density at radius 1 is 1.38 bits per heavy atom. The number of hydrogen-bond donors (Lipinski definition) is 2. The number of carbonyl (C=O) groups excluding carboxylic acids is 1. The quantitative estimate of drug-likeness (QED) is 0.684. The summed E-state index contributed by atoms with van der Waals surface area (Å²) in [4.78, 5) is 18.6. The zero-order valence-electron chi connectivity index (χ0n) is 14.3. The number of carbonyl (C=O) groups is 1. The Hall–Kier alpha value is -3.30.